The first-order valence-electron chi connectivity index (χ1n) is 5.80. The molecular weight excluding hydrogens is 271 g/mol. The Bertz CT molecular complexity index is 443. The van der Waals surface area contributed by atoms with Crippen LogP contribution in [0.25, 0.3) is 0 Å². The van der Waals surface area contributed by atoms with Gasteiger partial charge in [0.15, 0.2) is 0 Å². The predicted molar refractivity (Wildman–Crippen MR) is 77.7 cm³/mol. The van der Waals surface area contributed by atoms with Crippen LogP contribution in [-0.4, -0.2) is 19.0 Å². The lowest BCUT2D eigenvalue weighted by atomic mass is 9.88. The van der Waals surface area contributed by atoms with Gasteiger partial charge >= 0.3 is 0 Å². The molecule has 0 radical (unpaired) electrons. The molecule has 1 saturated heterocycles. The zero-order valence-corrected chi connectivity index (χ0v) is 12.1. The fourth-order valence-corrected chi connectivity index (χ4v) is 2.28. The van der Waals surface area contributed by atoms with Gasteiger partial charge in [-0.1, -0.05) is 11.6 Å². The number of benzene rings is 1. The topological polar surface area (TPSA) is 41.1 Å². The van der Waals surface area contributed by atoms with Crippen molar-refractivity contribution in [1.29, 1.82) is 0 Å². The molecule has 0 spiro atoms. The van der Waals surface area contributed by atoms with Crippen LogP contribution in [0.2, 0.25) is 5.02 Å². The minimum Gasteiger partial charge on any atom is -0.325 e. The molecule has 1 aliphatic heterocycles. The molecule has 3 nitrogen and oxygen atoms in total. The molecule has 0 aromatic heterocycles. The van der Waals surface area contributed by atoms with Gasteiger partial charge in [0.05, 0.1) is 5.41 Å². The summed E-state index contributed by atoms with van der Waals surface area (Å²) in [5.41, 5.74) is 1.53. The van der Waals surface area contributed by atoms with Crippen molar-refractivity contribution in [3.63, 3.8) is 0 Å². The third-order valence-corrected chi connectivity index (χ3v) is 3.59. The summed E-state index contributed by atoms with van der Waals surface area (Å²) in [6, 6.07) is 5.49. The summed E-state index contributed by atoms with van der Waals surface area (Å²) in [5, 5.41) is 6.89. The van der Waals surface area contributed by atoms with E-state index in [1.54, 1.807) is 6.07 Å². The molecule has 1 atom stereocenters. The van der Waals surface area contributed by atoms with Crippen LogP contribution in [0.15, 0.2) is 18.2 Å². The van der Waals surface area contributed by atoms with Crippen molar-refractivity contribution in [3.8, 4) is 0 Å². The van der Waals surface area contributed by atoms with E-state index in [9.17, 15) is 4.79 Å². The maximum Gasteiger partial charge on any atom is 0.231 e. The van der Waals surface area contributed by atoms with Gasteiger partial charge in [-0.15, -0.1) is 12.4 Å². The molecule has 1 unspecified atom stereocenters. The first kappa shape index (κ1) is 15.3. The van der Waals surface area contributed by atoms with Crippen LogP contribution in [0.5, 0.6) is 0 Å². The number of aryl methyl sites for hydroxylation is 1. The van der Waals surface area contributed by atoms with Crippen molar-refractivity contribution in [2.75, 3.05) is 18.4 Å². The van der Waals surface area contributed by atoms with Gasteiger partial charge in [-0.3, -0.25) is 4.79 Å². The van der Waals surface area contributed by atoms with E-state index in [-0.39, 0.29) is 23.7 Å². The van der Waals surface area contributed by atoms with E-state index in [2.05, 4.69) is 10.6 Å². The lowest BCUT2D eigenvalue weighted by Gasteiger charge is -2.22. The van der Waals surface area contributed by atoms with Crippen LogP contribution in [0.4, 0.5) is 5.69 Å². The number of carbonyl (C=O) groups is 1. The van der Waals surface area contributed by atoms with E-state index >= 15 is 0 Å². The van der Waals surface area contributed by atoms with Gasteiger partial charge < -0.3 is 10.6 Å². The number of carbonyl (C=O) groups excluding carboxylic acids is 1. The second-order valence-corrected chi connectivity index (χ2v) is 5.34. The first-order valence-corrected chi connectivity index (χ1v) is 6.17. The van der Waals surface area contributed by atoms with Crippen molar-refractivity contribution in [3.05, 3.63) is 28.8 Å². The number of nitrogens with one attached hydrogen (secondary N) is 2. The highest BCUT2D eigenvalue weighted by Crippen LogP contribution is 2.27. The molecular formula is C13H18Cl2N2O. The normalized spacial score (nSPS) is 22.4. The van der Waals surface area contributed by atoms with Crippen LogP contribution in [0.3, 0.4) is 0 Å². The maximum atomic E-state index is 12.2. The minimum atomic E-state index is -0.300. The van der Waals surface area contributed by atoms with E-state index in [4.69, 9.17) is 11.6 Å². The minimum absolute atomic E-state index is 0. The second kappa shape index (κ2) is 5.91. The smallest absolute Gasteiger partial charge is 0.231 e. The second-order valence-electron chi connectivity index (χ2n) is 4.90. The highest BCUT2D eigenvalue weighted by atomic mass is 35.5. The van der Waals surface area contributed by atoms with Crippen molar-refractivity contribution in [1.82, 2.24) is 5.32 Å². The molecule has 2 N–H and O–H groups in total. The molecule has 0 bridgehead atoms. The fourth-order valence-electron chi connectivity index (χ4n) is 2.05. The molecule has 1 aromatic rings. The monoisotopic (exact) mass is 288 g/mol. The third kappa shape index (κ3) is 3.16. The van der Waals surface area contributed by atoms with Crippen molar-refractivity contribution < 1.29 is 4.79 Å². The van der Waals surface area contributed by atoms with Crippen LogP contribution < -0.4 is 10.6 Å². The average molecular weight is 289 g/mol. The van der Waals surface area contributed by atoms with Crippen molar-refractivity contribution in [2.24, 2.45) is 5.41 Å². The largest absolute Gasteiger partial charge is 0.325 e. The number of anilines is 1. The summed E-state index contributed by atoms with van der Waals surface area (Å²) in [5.74, 6) is 0.0768. The van der Waals surface area contributed by atoms with Crippen LogP contribution in [0.1, 0.15) is 18.9 Å². The summed E-state index contributed by atoms with van der Waals surface area (Å²) in [6.45, 7) is 5.58. The molecule has 2 rings (SSSR count). The quantitative estimate of drug-likeness (QED) is 0.878. The van der Waals surface area contributed by atoms with Gasteiger partial charge in [0.1, 0.15) is 0 Å². The maximum absolute atomic E-state index is 12.2. The number of hydrogen-bond acceptors (Lipinski definition) is 2. The van der Waals surface area contributed by atoms with E-state index < -0.39 is 0 Å². The van der Waals surface area contributed by atoms with Crippen LogP contribution in [-0.2, 0) is 4.79 Å². The SMILES string of the molecule is Cc1cc(Cl)ccc1NC(=O)C1(C)CCNC1.Cl. The average Bonchev–Trinajstić information content (AvgIpc) is 2.71. The molecule has 5 heteroatoms. The molecule has 1 aromatic carbocycles. The number of halogens is 2. The zero-order chi connectivity index (χ0) is 12.5. The van der Waals surface area contributed by atoms with Gasteiger partial charge in [-0.25, -0.2) is 0 Å². The highest BCUT2D eigenvalue weighted by Gasteiger charge is 2.36. The Kier molecular flexibility index (Phi) is 5.02. The van der Waals surface area contributed by atoms with Crippen molar-refractivity contribution in [2.45, 2.75) is 20.3 Å². The Balaban J connectivity index is 0.00000162. The predicted octanol–water partition coefficient (Wildman–Crippen LogP) is 3.01. The Morgan fingerprint density at radius 2 is 2.22 bits per heavy atom. The molecule has 1 amide bonds. The van der Waals surface area contributed by atoms with Crippen LogP contribution >= 0.6 is 24.0 Å². The summed E-state index contributed by atoms with van der Waals surface area (Å²) < 4.78 is 0. The number of rotatable bonds is 2. The summed E-state index contributed by atoms with van der Waals surface area (Å²) in [6.07, 6.45) is 0.880. The molecule has 1 heterocycles. The summed E-state index contributed by atoms with van der Waals surface area (Å²) in [4.78, 5) is 12.2. The lowest BCUT2D eigenvalue weighted by molar-refractivity contribution is -0.123. The standard InChI is InChI=1S/C13H17ClN2O.ClH/c1-9-7-10(14)3-4-11(9)16-12(17)13(2)5-6-15-8-13;/h3-4,7,15H,5-6,8H2,1-2H3,(H,16,17);1H. The van der Waals surface area contributed by atoms with E-state index in [0.29, 0.717) is 5.02 Å². The van der Waals surface area contributed by atoms with Gasteiger partial charge in [-0.2, -0.15) is 0 Å². The lowest BCUT2D eigenvalue weighted by Crippen LogP contribution is -2.35. The van der Waals surface area contributed by atoms with Crippen LogP contribution in [0, 0.1) is 12.3 Å². The Labute approximate surface area is 119 Å². The summed E-state index contributed by atoms with van der Waals surface area (Å²) in [7, 11) is 0. The van der Waals surface area contributed by atoms with E-state index in [1.165, 1.54) is 0 Å². The number of hydrogen-bond donors (Lipinski definition) is 2. The molecule has 1 aliphatic rings. The molecule has 0 aliphatic carbocycles. The Morgan fingerprint density at radius 3 is 2.78 bits per heavy atom. The molecule has 100 valence electrons. The highest BCUT2D eigenvalue weighted by molar-refractivity contribution is 6.30. The fraction of sp³-hybridized carbons (Fsp3) is 0.462. The molecule has 18 heavy (non-hydrogen) atoms. The van der Waals surface area contributed by atoms with E-state index in [1.807, 2.05) is 26.0 Å². The van der Waals surface area contributed by atoms with E-state index in [0.717, 1.165) is 30.8 Å². The summed E-state index contributed by atoms with van der Waals surface area (Å²) >= 11 is 5.89. The van der Waals surface area contributed by atoms with Gasteiger partial charge in [0.25, 0.3) is 0 Å². The van der Waals surface area contributed by atoms with Gasteiger partial charge in [0, 0.05) is 17.3 Å². The van der Waals surface area contributed by atoms with Crippen molar-refractivity contribution >= 4 is 35.6 Å². The van der Waals surface area contributed by atoms with Gasteiger partial charge in [-0.05, 0) is 50.6 Å². The third-order valence-electron chi connectivity index (χ3n) is 3.35. The number of amides is 1. The molecule has 0 saturated carbocycles. The van der Waals surface area contributed by atoms with Gasteiger partial charge in [0.2, 0.25) is 5.91 Å². The first-order chi connectivity index (χ1) is 8.01. The molecule has 1 fully saturated rings. The Hall–Kier alpha value is -0.770. The Morgan fingerprint density at radius 1 is 1.50 bits per heavy atom. The zero-order valence-electron chi connectivity index (χ0n) is 10.5.